The number of nitrogens with two attached hydrogens (primary N) is 2. The van der Waals surface area contributed by atoms with Crippen molar-refractivity contribution >= 4 is 24.0 Å². The standard InChI is InChI=1S/C10H10N4O6/c11-9(17)13-19-7(15)5-3-1-2-4-6(5)8(16)20-14-10(12)18/h1-4H,(H3,11,13,17)(H3,12,14,18). The Morgan fingerprint density at radius 1 is 0.800 bits per heavy atom. The van der Waals surface area contributed by atoms with Gasteiger partial charge in [0.05, 0.1) is 11.1 Å². The summed E-state index contributed by atoms with van der Waals surface area (Å²) in [5.74, 6) is -2.09. The summed E-state index contributed by atoms with van der Waals surface area (Å²) in [6, 6.07) is 3.19. The summed E-state index contributed by atoms with van der Waals surface area (Å²) < 4.78 is 0. The zero-order chi connectivity index (χ0) is 15.1. The van der Waals surface area contributed by atoms with E-state index in [1.54, 1.807) is 11.0 Å². The molecule has 10 heteroatoms. The van der Waals surface area contributed by atoms with Crippen molar-refractivity contribution in [1.29, 1.82) is 0 Å². The summed E-state index contributed by atoms with van der Waals surface area (Å²) in [6.45, 7) is 0. The van der Waals surface area contributed by atoms with Crippen molar-refractivity contribution in [2.75, 3.05) is 0 Å². The normalized spacial score (nSPS) is 9.20. The molecule has 0 aromatic heterocycles. The molecule has 0 saturated carbocycles. The second kappa shape index (κ2) is 6.58. The summed E-state index contributed by atoms with van der Waals surface area (Å²) in [6.07, 6.45) is 0. The number of hydroxylamine groups is 2. The van der Waals surface area contributed by atoms with E-state index in [1.807, 2.05) is 0 Å². The van der Waals surface area contributed by atoms with E-state index in [2.05, 4.69) is 9.68 Å². The monoisotopic (exact) mass is 282 g/mol. The number of hydrogen-bond donors (Lipinski definition) is 4. The van der Waals surface area contributed by atoms with Crippen LogP contribution in [0.4, 0.5) is 9.59 Å². The first-order valence-electron chi connectivity index (χ1n) is 5.04. The SMILES string of the molecule is NC(=O)NOC(=O)c1ccccc1C(=O)ONC(N)=O. The molecular formula is C10H10N4O6. The predicted molar refractivity (Wildman–Crippen MR) is 62.7 cm³/mol. The van der Waals surface area contributed by atoms with E-state index >= 15 is 0 Å². The maximum absolute atomic E-state index is 11.6. The lowest BCUT2D eigenvalue weighted by molar-refractivity contribution is 0.0291. The molecule has 0 spiro atoms. The molecule has 10 nitrogen and oxygen atoms in total. The summed E-state index contributed by atoms with van der Waals surface area (Å²) in [4.78, 5) is 52.7. The largest absolute Gasteiger partial charge is 0.363 e. The highest BCUT2D eigenvalue weighted by Gasteiger charge is 2.20. The highest BCUT2D eigenvalue weighted by molar-refractivity contribution is 6.03. The fraction of sp³-hybridized carbons (Fsp3) is 0. The van der Waals surface area contributed by atoms with Crippen molar-refractivity contribution in [3.63, 3.8) is 0 Å². The third-order valence-electron chi connectivity index (χ3n) is 1.86. The van der Waals surface area contributed by atoms with Crippen LogP contribution in [0.3, 0.4) is 0 Å². The Balaban J connectivity index is 2.87. The topological polar surface area (TPSA) is 163 Å². The van der Waals surface area contributed by atoms with Crippen LogP contribution in [0, 0.1) is 0 Å². The Bertz CT molecular complexity index is 509. The molecule has 0 bridgehead atoms. The molecule has 0 radical (unpaired) electrons. The average Bonchev–Trinajstić information content (AvgIpc) is 2.42. The molecule has 0 aliphatic heterocycles. The molecule has 1 rings (SSSR count). The lowest BCUT2D eigenvalue weighted by Gasteiger charge is -2.08. The lowest BCUT2D eigenvalue weighted by atomic mass is 10.1. The highest BCUT2D eigenvalue weighted by Crippen LogP contribution is 2.11. The molecule has 0 atom stereocenters. The fourth-order valence-electron chi connectivity index (χ4n) is 1.14. The number of carbonyl (C=O) groups excluding carboxylic acids is 4. The number of hydrogen-bond acceptors (Lipinski definition) is 6. The number of carbonyl (C=O) groups is 4. The number of urea groups is 2. The van der Waals surface area contributed by atoms with E-state index in [0.29, 0.717) is 0 Å². The van der Waals surface area contributed by atoms with Gasteiger partial charge >= 0.3 is 24.0 Å². The van der Waals surface area contributed by atoms with Gasteiger partial charge in [0.15, 0.2) is 0 Å². The van der Waals surface area contributed by atoms with Crippen LogP contribution in [-0.4, -0.2) is 24.0 Å². The van der Waals surface area contributed by atoms with Gasteiger partial charge in [0.25, 0.3) is 0 Å². The Kier molecular flexibility index (Phi) is 4.86. The summed E-state index contributed by atoms with van der Waals surface area (Å²) in [5.41, 5.74) is 12.2. The molecule has 0 aliphatic rings. The lowest BCUT2D eigenvalue weighted by Crippen LogP contribution is -2.33. The number of amides is 4. The van der Waals surface area contributed by atoms with Crippen LogP contribution in [-0.2, 0) is 9.68 Å². The zero-order valence-electron chi connectivity index (χ0n) is 9.91. The first-order chi connectivity index (χ1) is 9.41. The van der Waals surface area contributed by atoms with E-state index in [0.717, 1.165) is 0 Å². The smallest absolute Gasteiger partial charge is 0.349 e. The Morgan fingerprint density at radius 2 is 1.15 bits per heavy atom. The Hall–Kier alpha value is -3.30. The van der Waals surface area contributed by atoms with Crippen molar-refractivity contribution in [1.82, 2.24) is 11.0 Å². The number of benzene rings is 1. The molecule has 0 unspecified atom stereocenters. The van der Waals surface area contributed by atoms with Crippen LogP contribution >= 0.6 is 0 Å². The third kappa shape index (κ3) is 4.18. The van der Waals surface area contributed by atoms with Crippen LogP contribution in [0.15, 0.2) is 24.3 Å². The van der Waals surface area contributed by atoms with Crippen molar-refractivity contribution in [2.24, 2.45) is 11.5 Å². The molecule has 4 amide bonds. The second-order valence-electron chi connectivity index (χ2n) is 3.26. The van der Waals surface area contributed by atoms with Crippen molar-refractivity contribution < 1.29 is 28.9 Å². The molecule has 20 heavy (non-hydrogen) atoms. The molecule has 1 aromatic rings. The van der Waals surface area contributed by atoms with Crippen molar-refractivity contribution in [3.8, 4) is 0 Å². The minimum Gasteiger partial charge on any atom is -0.349 e. The van der Waals surface area contributed by atoms with Gasteiger partial charge in [0.1, 0.15) is 0 Å². The highest BCUT2D eigenvalue weighted by atomic mass is 16.7. The molecule has 0 heterocycles. The molecule has 106 valence electrons. The Morgan fingerprint density at radius 3 is 1.45 bits per heavy atom. The minimum absolute atomic E-state index is 0.211. The van der Waals surface area contributed by atoms with Gasteiger partial charge in [-0.2, -0.15) is 11.0 Å². The molecule has 0 saturated heterocycles. The number of primary amides is 2. The van der Waals surface area contributed by atoms with Crippen LogP contribution in [0.5, 0.6) is 0 Å². The zero-order valence-corrected chi connectivity index (χ0v) is 9.91. The van der Waals surface area contributed by atoms with Crippen LogP contribution in [0.25, 0.3) is 0 Å². The molecule has 0 aliphatic carbocycles. The van der Waals surface area contributed by atoms with Crippen LogP contribution in [0.2, 0.25) is 0 Å². The van der Waals surface area contributed by atoms with Gasteiger partial charge in [-0.3, -0.25) is 0 Å². The van der Waals surface area contributed by atoms with Gasteiger partial charge in [-0.1, -0.05) is 12.1 Å². The Labute approximate surface area is 111 Å². The van der Waals surface area contributed by atoms with E-state index in [-0.39, 0.29) is 11.1 Å². The quantitative estimate of drug-likeness (QED) is 0.517. The summed E-state index contributed by atoms with van der Waals surface area (Å²) >= 11 is 0. The van der Waals surface area contributed by atoms with Gasteiger partial charge in [-0.05, 0) is 12.1 Å². The van der Waals surface area contributed by atoms with E-state index in [9.17, 15) is 19.2 Å². The van der Waals surface area contributed by atoms with Gasteiger partial charge in [-0.25, -0.2) is 19.2 Å². The molecule has 1 aromatic carbocycles. The average molecular weight is 282 g/mol. The molecule has 0 fully saturated rings. The third-order valence-corrected chi connectivity index (χ3v) is 1.86. The number of rotatable bonds is 2. The molecule has 6 N–H and O–H groups in total. The van der Waals surface area contributed by atoms with Crippen LogP contribution < -0.4 is 22.4 Å². The fourth-order valence-corrected chi connectivity index (χ4v) is 1.14. The van der Waals surface area contributed by atoms with E-state index in [4.69, 9.17) is 11.5 Å². The first-order valence-corrected chi connectivity index (χ1v) is 5.04. The van der Waals surface area contributed by atoms with Gasteiger partial charge in [-0.15, -0.1) is 0 Å². The van der Waals surface area contributed by atoms with E-state index in [1.165, 1.54) is 24.3 Å². The second-order valence-corrected chi connectivity index (χ2v) is 3.26. The van der Waals surface area contributed by atoms with Crippen molar-refractivity contribution in [3.05, 3.63) is 35.4 Å². The van der Waals surface area contributed by atoms with Gasteiger partial charge in [0, 0.05) is 0 Å². The summed E-state index contributed by atoms with van der Waals surface area (Å²) in [7, 11) is 0. The minimum atomic E-state index is -1.09. The predicted octanol–water partition coefficient (Wildman–Crippen LogP) is -0.833. The molecular weight excluding hydrogens is 272 g/mol. The summed E-state index contributed by atoms with van der Waals surface area (Å²) in [5, 5.41) is 0. The van der Waals surface area contributed by atoms with Crippen molar-refractivity contribution in [2.45, 2.75) is 0 Å². The maximum Gasteiger partial charge on any atom is 0.363 e. The first kappa shape index (κ1) is 14.8. The number of nitrogens with one attached hydrogen (secondary N) is 2. The van der Waals surface area contributed by atoms with Crippen LogP contribution in [0.1, 0.15) is 20.7 Å². The van der Waals surface area contributed by atoms with E-state index < -0.39 is 24.0 Å². The van der Waals surface area contributed by atoms with Gasteiger partial charge < -0.3 is 21.1 Å². The maximum atomic E-state index is 11.6. The van der Waals surface area contributed by atoms with Gasteiger partial charge in [0.2, 0.25) is 0 Å².